The summed E-state index contributed by atoms with van der Waals surface area (Å²) in [6, 6.07) is 6.85. The Morgan fingerprint density at radius 3 is 2.95 bits per heavy atom. The van der Waals surface area contributed by atoms with E-state index >= 15 is 0 Å². The summed E-state index contributed by atoms with van der Waals surface area (Å²) in [7, 11) is 0. The second-order valence-corrected chi connectivity index (χ2v) is 5.99. The molecule has 0 amide bonds. The highest BCUT2D eigenvalue weighted by Gasteiger charge is 2.48. The van der Waals surface area contributed by atoms with Gasteiger partial charge in [-0.25, -0.2) is 0 Å². The first-order valence-electron chi connectivity index (χ1n) is 5.96. The fourth-order valence-corrected chi connectivity index (χ4v) is 3.59. The Kier molecular flexibility index (Phi) is 2.72. The second-order valence-electron chi connectivity index (χ2n) is 4.97. The molecule has 3 rings (SSSR count). The topological polar surface area (TPSA) is 68.5 Å². The van der Waals surface area contributed by atoms with E-state index < -0.39 is 17.4 Å². The SMILES string of the molecule is CC1(C(=O)O)COCC1n1sc2ccccc2c1=O. The van der Waals surface area contributed by atoms with Crippen LogP contribution in [0.5, 0.6) is 0 Å². The summed E-state index contributed by atoms with van der Waals surface area (Å²) in [4.78, 5) is 23.8. The molecule has 0 aliphatic carbocycles. The van der Waals surface area contributed by atoms with E-state index in [1.807, 2.05) is 18.2 Å². The van der Waals surface area contributed by atoms with Crippen LogP contribution in [0.15, 0.2) is 29.1 Å². The largest absolute Gasteiger partial charge is 0.481 e. The zero-order valence-corrected chi connectivity index (χ0v) is 11.1. The van der Waals surface area contributed by atoms with E-state index in [0.717, 1.165) is 4.70 Å². The zero-order chi connectivity index (χ0) is 13.6. The van der Waals surface area contributed by atoms with Crippen LogP contribution in [0.3, 0.4) is 0 Å². The summed E-state index contributed by atoms with van der Waals surface area (Å²) in [6.45, 7) is 2.02. The lowest BCUT2D eigenvalue weighted by Crippen LogP contribution is -2.38. The number of benzene rings is 1. The molecule has 2 atom stereocenters. The van der Waals surface area contributed by atoms with Gasteiger partial charge in [0.15, 0.2) is 0 Å². The lowest BCUT2D eigenvalue weighted by molar-refractivity contribution is -0.149. The molecule has 1 aromatic heterocycles. The molecule has 5 nitrogen and oxygen atoms in total. The fraction of sp³-hybridized carbons (Fsp3) is 0.385. The van der Waals surface area contributed by atoms with E-state index in [0.29, 0.717) is 5.39 Å². The summed E-state index contributed by atoms with van der Waals surface area (Å²) in [5.41, 5.74) is -1.19. The number of ether oxygens (including phenoxy) is 1. The van der Waals surface area contributed by atoms with Crippen LogP contribution in [0.25, 0.3) is 10.1 Å². The van der Waals surface area contributed by atoms with E-state index in [2.05, 4.69) is 0 Å². The number of aliphatic carboxylic acids is 1. The predicted octanol–water partition coefficient (Wildman–Crippen LogP) is 1.73. The first kappa shape index (κ1) is 12.4. The molecule has 2 aromatic rings. The Labute approximate surface area is 113 Å². The van der Waals surface area contributed by atoms with Gasteiger partial charge in [-0.1, -0.05) is 23.7 Å². The number of carbonyl (C=O) groups is 1. The van der Waals surface area contributed by atoms with Crippen molar-refractivity contribution in [2.75, 3.05) is 13.2 Å². The third kappa shape index (κ3) is 1.71. The summed E-state index contributed by atoms with van der Waals surface area (Å²) < 4.78 is 7.72. The average Bonchev–Trinajstić information content (AvgIpc) is 2.92. The molecule has 0 bridgehead atoms. The molecule has 0 spiro atoms. The van der Waals surface area contributed by atoms with Gasteiger partial charge in [-0.3, -0.25) is 13.5 Å². The van der Waals surface area contributed by atoms with E-state index in [4.69, 9.17) is 4.74 Å². The standard InChI is InChI=1S/C13H13NO4S/c1-13(12(16)17)7-18-6-10(13)14-11(15)8-4-2-3-5-9(8)19-14/h2-5,10H,6-7H2,1H3,(H,16,17). The minimum atomic E-state index is -1.05. The third-order valence-corrected chi connectivity index (χ3v) is 4.87. The van der Waals surface area contributed by atoms with Crippen molar-refractivity contribution in [1.29, 1.82) is 0 Å². The van der Waals surface area contributed by atoms with Crippen LogP contribution in [-0.4, -0.2) is 28.2 Å². The van der Waals surface area contributed by atoms with Crippen molar-refractivity contribution in [2.24, 2.45) is 5.41 Å². The molecule has 2 heterocycles. The zero-order valence-electron chi connectivity index (χ0n) is 10.3. The number of fused-ring (bicyclic) bond motifs is 1. The Hall–Kier alpha value is -1.66. The van der Waals surface area contributed by atoms with Crippen LogP contribution >= 0.6 is 11.5 Å². The van der Waals surface area contributed by atoms with Crippen molar-refractivity contribution in [3.63, 3.8) is 0 Å². The van der Waals surface area contributed by atoms with Crippen molar-refractivity contribution in [3.8, 4) is 0 Å². The molecule has 6 heteroatoms. The van der Waals surface area contributed by atoms with Crippen molar-refractivity contribution in [2.45, 2.75) is 13.0 Å². The highest BCUT2D eigenvalue weighted by atomic mass is 32.1. The number of hydrogen-bond acceptors (Lipinski definition) is 4. The van der Waals surface area contributed by atoms with Gasteiger partial charge < -0.3 is 9.84 Å². The highest BCUT2D eigenvalue weighted by molar-refractivity contribution is 7.13. The molecule has 1 aliphatic rings. The number of nitrogens with zero attached hydrogens (tertiary/aromatic N) is 1. The molecule has 2 unspecified atom stereocenters. The molecule has 1 aromatic carbocycles. The molecule has 1 saturated heterocycles. The summed E-state index contributed by atoms with van der Waals surface area (Å²) >= 11 is 1.30. The van der Waals surface area contributed by atoms with Crippen LogP contribution in [-0.2, 0) is 9.53 Å². The molecular formula is C13H13NO4S. The molecule has 1 fully saturated rings. The molecule has 0 saturated carbocycles. The number of carboxylic acids is 1. The highest BCUT2D eigenvalue weighted by Crippen LogP contribution is 2.39. The molecule has 1 N–H and O–H groups in total. The second kappa shape index (κ2) is 4.18. The van der Waals surface area contributed by atoms with E-state index in [9.17, 15) is 14.7 Å². The van der Waals surface area contributed by atoms with Gasteiger partial charge in [0, 0.05) is 0 Å². The maximum absolute atomic E-state index is 12.4. The van der Waals surface area contributed by atoms with Gasteiger partial charge in [0.2, 0.25) is 0 Å². The molecular weight excluding hydrogens is 266 g/mol. The van der Waals surface area contributed by atoms with Crippen LogP contribution in [0.4, 0.5) is 0 Å². The van der Waals surface area contributed by atoms with Crippen molar-refractivity contribution >= 4 is 27.6 Å². The van der Waals surface area contributed by atoms with E-state index in [1.54, 1.807) is 16.9 Å². The molecule has 1 aliphatic heterocycles. The predicted molar refractivity (Wildman–Crippen MR) is 71.7 cm³/mol. The fourth-order valence-electron chi connectivity index (χ4n) is 2.39. The number of carboxylic acid groups (broad SMARTS) is 1. The lowest BCUT2D eigenvalue weighted by Gasteiger charge is -2.24. The maximum atomic E-state index is 12.4. The lowest BCUT2D eigenvalue weighted by atomic mass is 9.86. The van der Waals surface area contributed by atoms with Crippen LogP contribution < -0.4 is 5.56 Å². The number of aromatic nitrogens is 1. The van der Waals surface area contributed by atoms with Gasteiger partial charge in [0.25, 0.3) is 5.56 Å². The maximum Gasteiger partial charge on any atom is 0.313 e. The summed E-state index contributed by atoms with van der Waals surface area (Å²) in [5, 5.41) is 10.0. The van der Waals surface area contributed by atoms with Crippen LogP contribution in [0.1, 0.15) is 13.0 Å². The van der Waals surface area contributed by atoms with Gasteiger partial charge in [0.1, 0.15) is 5.41 Å². The average molecular weight is 279 g/mol. The summed E-state index contributed by atoms with van der Waals surface area (Å²) in [5.74, 6) is -0.931. The van der Waals surface area contributed by atoms with E-state index in [1.165, 1.54) is 11.5 Å². The molecule has 100 valence electrons. The minimum Gasteiger partial charge on any atom is -0.481 e. The molecule has 19 heavy (non-hydrogen) atoms. The Bertz CT molecular complexity index is 704. The Morgan fingerprint density at radius 1 is 1.53 bits per heavy atom. The monoisotopic (exact) mass is 279 g/mol. The Balaban J connectivity index is 2.17. The Morgan fingerprint density at radius 2 is 2.26 bits per heavy atom. The number of hydrogen-bond donors (Lipinski definition) is 1. The van der Waals surface area contributed by atoms with Crippen molar-refractivity contribution in [1.82, 2.24) is 3.96 Å². The van der Waals surface area contributed by atoms with Gasteiger partial charge in [-0.2, -0.15) is 0 Å². The van der Waals surface area contributed by atoms with Gasteiger partial charge in [-0.15, -0.1) is 0 Å². The first-order valence-corrected chi connectivity index (χ1v) is 6.73. The third-order valence-electron chi connectivity index (χ3n) is 3.70. The first-order chi connectivity index (χ1) is 9.04. The van der Waals surface area contributed by atoms with E-state index in [-0.39, 0.29) is 18.8 Å². The number of rotatable bonds is 2. The molecule has 0 radical (unpaired) electrons. The van der Waals surface area contributed by atoms with Gasteiger partial charge in [0.05, 0.1) is 29.3 Å². The summed E-state index contributed by atoms with van der Waals surface area (Å²) in [6.07, 6.45) is 0. The van der Waals surface area contributed by atoms with Crippen molar-refractivity contribution < 1.29 is 14.6 Å². The quantitative estimate of drug-likeness (QED) is 0.909. The van der Waals surface area contributed by atoms with Crippen molar-refractivity contribution in [3.05, 3.63) is 34.6 Å². The van der Waals surface area contributed by atoms with Gasteiger partial charge >= 0.3 is 5.97 Å². The van der Waals surface area contributed by atoms with Gasteiger partial charge in [-0.05, 0) is 19.1 Å². The van der Waals surface area contributed by atoms with Crippen LogP contribution in [0, 0.1) is 5.41 Å². The smallest absolute Gasteiger partial charge is 0.313 e. The minimum absolute atomic E-state index is 0.133. The normalized spacial score (nSPS) is 26.9. The van der Waals surface area contributed by atoms with Crippen LogP contribution in [0.2, 0.25) is 0 Å².